The normalized spacial score (nSPS) is 11.4. The summed E-state index contributed by atoms with van der Waals surface area (Å²) in [5.74, 6) is 0. The van der Waals surface area contributed by atoms with Crippen LogP contribution < -0.4 is 29.6 Å². The fourth-order valence-electron chi connectivity index (χ4n) is 8.09. The maximum atomic E-state index is 13.0. The van der Waals surface area contributed by atoms with Crippen molar-refractivity contribution in [3.8, 4) is 0 Å². The molecule has 6 heteroatoms. The molecule has 0 bridgehead atoms. The van der Waals surface area contributed by atoms with E-state index in [0.29, 0.717) is 11.8 Å². The quantitative estimate of drug-likeness (QED) is 0.0404. The van der Waals surface area contributed by atoms with E-state index in [-0.39, 0.29) is 34.5 Å². The zero-order chi connectivity index (χ0) is 38.1. The van der Waals surface area contributed by atoms with Crippen molar-refractivity contribution in [1.82, 2.24) is 0 Å². The average molecular weight is 765 g/mol. The molecule has 0 aliphatic rings. The smallest absolute Gasteiger partial charge is 0.744 e. The van der Waals surface area contributed by atoms with Gasteiger partial charge < -0.3 is 9.35 Å². The first kappa shape index (κ1) is 52.3. The van der Waals surface area contributed by atoms with Crippen LogP contribution in [0.2, 0.25) is 0 Å². The molecule has 0 fully saturated rings. The van der Waals surface area contributed by atoms with Gasteiger partial charge in [-0.1, -0.05) is 218 Å². The molecule has 0 amide bonds. The molecule has 0 heterocycles. The van der Waals surface area contributed by atoms with Crippen LogP contribution in [0.4, 0.5) is 0 Å². The zero-order valence-corrected chi connectivity index (χ0v) is 38.2. The molecule has 0 atom stereocenters. The predicted octanol–water partition coefficient (Wildman–Crippen LogP) is 12.0. The number of aryl methyl sites for hydroxylation is 1. The number of benzene rings is 2. The van der Waals surface area contributed by atoms with Crippen molar-refractivity contribution < 1.29 is 47.3 Å². The second-order valence-electron chi connectivity index (χ2n) is 15.6. The summed E-state index contributed by atoms with van der Waals surface area (Å²) in [7, 11) is -4.61. The van der Waals surface area contributed by atoms with Crippen LogP contribution in [0.15, 0.2) is 29.2 Å². The van der Waals surface area contributed by atoms with Gasteiger partial charge >= 0.3 is 29.6 Å². The molecular weight excluding hydrogens is 684 g/mol. The van der Waals surface area contributed by atoms with Crippen molar-refractivity contribution in [1.29, 1.82) is 0 Å². The second kappa shape index (κ2) is 35.7. The standard InChI is InChI=1S/C46H80O3S.CH2O.Na/c1-4-7-10-13-16-19-22-25-28-31-36-41-42(37-32-29-26-23-20-17-14-11-8-5-2)44(39-33-30-27-24-21-18-15-12-9-6-3)46(50(47,48)49)45-40-35-34-38-43(41)45;1-2;/h34-35,38,40H,4-33,36-37,39H2,1-3H3,(H,47,48,49);1H2;/q;;+1/p-1. The minimum Gasteiger partial charge on any atom is -0.744 e. The minimum atomic E-state index is -4.61. The number of fused-ring (bicyclic) bond motifs is 1. The fraction of sp³-hybridized carbons (Fsp3) is 0.766. The summed E-state index contributed by atoms with van der Waals surface area (Å²) in [5, 5.41) is 1.67. The van der Waals surface area contributed by atoms with Gasteiger partial charge in [0.1, 0.15) is 16.9 Å². The third-order valence-electron chi connectivity index (χ3n) is 11.1. The van der Waals surface area contributed by atoms with Gasteiger partial charge in [0.25, 0.3) is 0 Å². The Morgan fingerprint density at radius 3 is 1.00 bits per heavy atom. The van der Waals surface area contributed by atoms with Gasteiger partial charge in [0.15, 0.2) is 0 Å². The van der Waals surface area contributed by atoms with Crippen molar-refractivity contribution in [3.63, 3.8) is 0 Å². The SMILES string of the molecule is C=O.CCCCCCCCCCCCc1c(CCCCCCCCCCCC)c(S(=O)(=O)[O-])c2ccccc2c1CCCCCCCCCCCC.[Na+]. The Labute approximate surface area is 351 Å². The van der Waals surface area contributed by atoms with Crippen molar-refractivity contribution >= 4 is 27.7 Å². The van der Waals surface area contributed by atoms with E-state index >= 15 is 0 Å². The molecule has 2 aromatic rings. The molecule has 0 radical (unpaired) electrons. The molecule has 300 valence electrons. The first-order chi connectivity index (χ1) is 25.5. The third-order valence-corrected chi connectivity index (χ3v) is 12.1. The maximum absolute atomic E-state index is 13.0. The Morgan fingerprint density at radius 2 is 0.679 bits per heavy atom. The zero-order valence-electron chi connectivity index (χ0n) is 35.4. The van der Waals surface area contributed by atoms with Crippen LogP contribution in [0.5, 0.6) is 0 Å². The molecule has 0 saturated carbocycles. The first-order valence-corrected chi connectivity index (χ1v) is 23.7. The average Bonchev–Trinajstić information content (AvgIpc) is 3.14. The van der Waals surface area contributed by atoms with Crippen molar-refractivity contribution in [2.45, 2.75) is 238 Å². The molecule has 4 nitrogen and oxygen atoms in total. The van der Waals surface area contributed by atoms with Crippen LogP contribution in [-0.4, -0.2) is 19.8 Å². The molecule has 2 rings (SSSR count). The van der Waals surface area contributed by atoms with Crippen LogP contribution in [0.3, 0.4) is 0 Å². The molecule has 53 heavy (non-hydrogen) atoms. The Kier molecular flexibility index (Phi) is 35.2. The van der Waals surface area contributed by atoms with Gasteiger partial charge in [0.05, 0.1) is 4.90 Å². The van der Waals surface area contributed by atoms with Crippen LogP contribution in [0, 0.1) is 0 Å². The van der Waals surface area contributed by atoms with Gasteiger partial charge in [-0.15, -0.1) is 0 Å². The van der Waals surface area contributed by atoms with E-state index in [4.69, 9.17) is 4.79 Å². The minimum absolute atomic E-state index is 0. The molecule has 0 spiro atoms. The number of hydrogen-bond acceptors (Lipinski definition) is 4. The summed E-state index contributed by atoms with van der Waals surface area (Å²) >= 11 is 0. The monoisotopic (exact) mass is 765 g/mol. The number of carbonyl (C=O) groups excluding carboxylic acids is 1. The summed E-state index contributed by atoms with van der Waals surface area (Å²) in [6.07, 6.45) is 41.0. The molecular formula is C47H81NaO4S. The maximum Gasteiger partial charge on any atom is 1.00 e. The number of unbranched alkanes of at least 4 members (excludes halogenated alkanes) is 27. The molecule has 0 N–H and O–H groups in total. The Balaban J connectivity index is 0.00000885. The van der Waals surface area contributed by atoms with E-state index < -0.39 is 10.1 Å². The van der Waals surface area contributed by atoms with E-state index in [1.54, 1.807) is 0 Å². The molecule has 2 aromatic carbocycles. The topological polar surface area (TPSA) is 74.3 Å². The molecule has 0 aliphatic heterocycles. The van der Waals surface area contributed by atoms with Crippen molar-refractivity contribution in [2.24, 2.45) is 0 Å². The Bertz CT molecular complexity index is 1240. The largest absolute Gasteiger partial charge is 1.00 e. The van der Waals surface area contributed by atoms with Gasteiger partial charge in [-0.05, 0) is 66.0 Å². The number of carbonyl (C=O) groups is 1. The van der Waals surface area contributed by atoms with Crippen LogP contribution >= 0.6 is 0 Å². The summed E-state index contributed by atoms with van der Waals surface area (Å²) in [6, 6.07) is 7.92. The molecule has 0 aliphatic carbocycles. The summed E-state index contributed by atoms with van der Waals surface area (Å²) in [5.41, 5.74) is 3.42. The summed E-state index contributed by atoms with van der Waals surface area (Å²) < 4.78 is 39.1. The molecule has 0 saturated heterocycles. The second-order valence-corrected chi connectivity index (χ2v) is 16.9. The molecule has 0 aromatic heterocycles. The van der Waals surface area contributed by atoms with Crippen molar-refractivity contribution in [3.05, 3.63) is 41.0 Å². The van der Waals surface area contributed by atoms with E-state index in [9.17, 15) is 13.0 Å². The third kappa shape index (κ3) is 23.8. The van der Waals surface area contributed by atoms with Gasteiger partial charge in [0, 0.05) is 0 Å². The van der Waals surface area contributed by atoms with Crippen LogP contribution in [0.1, 0.15) is 230 Å². The predicted molar refractivity (Wildman–Crippen MR) is 226 cm³/mol. The molecule has 0 unspecified atom stereocenters. The summed E-state index contributed by atoms with van der Waals surface area (Å²) in [4.78, 5) is 8.10. The van der Waals surface area contributed by atoms with E-state index in [0.717, 1.165) is 49.5 Å². The van der Waals surface area contributed by atoms with Crippen molar-refractivity contribution in [2.75, 3.05) is 0 Å². The van der Waals surface area contributed by atoms with Crippen LogP contribution in [0.25, 0.3) is 10.8 Å². The number of hydrogen-bond donors (Lipinski definition) is 0. The first-order valence-electron chi connectivity index (χ1n) is 22.3. The van der Waals surface area contributed by atoms with Gasteiger partial charge in [0.2, 0.25) is 0 Å². The van der Waals surface area contributed by atoms with E-state index in [2.05, 4.69) is 26.8 Å². The number of rotatable bonds is 34. The van der Waals surface area contributed by atoms with E-state index in [1.165, 1.54) is 178 Å². The fourth-order valence-corrected chi connectivity index (χ4v) is 9.07. The van der Waals surface area contributed by atoms with Gasteiger partial charge in [-0.2, -0.15) is 0 Å². The van der Waals surface area contributed by atoms with E-state index in [1.807, 2.05) is 25.0 Å². The van der Waals surface area contributed by atoms with Gasteiger partial charge in [-0.3, -0.25) is 0 Å². The summed E-state index contributed by atoms with van der Waals surface area (Å²) in [6.45, 7) is 8.82. The Morgan fingerprint density at radius 1 is 0.415 bits per heavy atom. The van der Waals surface area contributed by atoms with Crippen LogP contribution in [-0.2, 0) is 34.2 Å². The van der Waals surface area contributed by atoms with Gasteiger partial charge in [-0.25, -0.2) is 8.42 Å². The Hall–Kier alpha value is -0.720.